The summed E-state index contributed by atoms with van der Waals surface area (Å²) in [6, 6.07) is 0.0440. The second kappa shape index (κ2) is 14.0. The van der Waals surface area contributed by atoms with Gasteiger partial charge in [0.05, 0.1) is 0 Å². The number of imide groups is 1. The van der Waals surface area contributed by atoms with Gasteiger partial charge in [0.2, 0.25) is 11.8 Å². The summed E-state index contributed by atoms with van der Waals surface area (Å²) < 4.78 is 0. The van der Waals surface area contributed by atoms with Crippen LogP contribution in [-0.4, -0.2) is 45.8 Å². The van der Waals surface area contributed by atoms with Crippen molar-refractivity contribution in [3.63, 3.8) is 0 Å². The third-order valence-corrected chi connectivity index (χ3v) is 8.83. The molecule has 2 aliphatic rings. The van der Waals surface area contributed by atoms with E-state index in [-0.39, 0.29) is 34.9 Å². The molecule has 0 radical (unpaired) electrons. The second-order valence-corrected chi connectivity index (χ2v) is 12.6. The predicted molar refractivity (Wildman–Crippen MR) is 144 cm³/mol. The van der Waals surface area contributed by atoms with Gasteiger partial charge in [0.1, 0.15) is 0 Å². The first-order valence-corrected chi connectivity index (χ1v) is 14.7. The Morgan fingerprint density at radius 1 is 0.706 bits per heavy atom. The van der Waals surface area contributed by atoms with E-state index in [0.29, 0.717) is 6.42 Å². The van der Waals surface area contributed by atoms with Gasteiger partial charge in [-0.25, -0.2) is 0 Å². The molecular formula is C30H56N2O2. The smallest absolute Gasteiger partial charge is 0.233 e. The Morgan fingerprint density at radius 3 is 1.56 bits per heavy atom. The Kier molecular flexibility index (Phi) is 12.1. The van der Waals surface area contributed by atoms with Crippen LogP contribution in [0.4, 0.5) is 0 Å². The van der Waals surface area contributed by atoms with Crippen molar-refractivity contribution in [1.29, 1.82) is 0 Å². The monoisotopic (exact) mass is 476 g/mol. The Balaban J connectivity index is 1.58. The molecule has 2 amide bonds. The Labute approximate surface area is 211 Å². The third-order valence-electron chi connectivity index (χ3n) is 8.83. The molecule has 4 heteroatoms. The molecule has 2 fully saturated rings. The summed E-state index contributed by atoms with van der Waals surface area (Å²) in [5.41, 5.74) is -0.0284. The number of likely N-dealkylation sites (tertiary alicyclic amines) is 2. The number of unbranched alkanes of at least 4 members (excludes halogenated alkanes) is 13. The molecule has 0 saturated carbocycles. The fraction of sp³-hybridized carbons (Fsp3) is 0.933. The second-order valence-electron chi connectivity index (χ2n) is 12.6. The minimum absolute atomic E-state index is 0.0142. The lowest BCUT2D eigenvalue weighted by molar-refractivity contribution is -0.146. The summed E-state index contributed by atoms with van der Waals surface area (Å²) in [5.74, 6) is 0.109. The normalized spacial score (nSPS) is 23.2. The van der Waals surface area contributed by atoms with E-state index in [9.17, 15) is 9.59 Å². The van der Waals surface area contributed by atoms with E-state index in [2.05, 4.69) is 46.6 Å². The molecule has 0 spiro atoms. The van der Waals surface area contributed by atoms with E-state index in [4.69, 9.17) is 0 Å². The SMILES string of the molecule is CCCCCCCCCCCCCCCCC1CC(=O)N(C2CC(C)(C)N(C)C(C)(C)C2)C1=O. The summed E-state index contributed by atoms with van der Waals surface area (Å²) >= 11 is 0. The largest absolute Gasteiger partial charge is 0.296 e. The molecule has 2 aliphatic heterocycles. The van der Waals surface area contributed by atoms with Gasteiger partial charge < -0.3 is 0 Å². The molecular weight excluding hydrogens is 420 g/mol. The zero-order valence-corrected chi connectivity index (χ0v) is 23.6. The van der Waals surface area contributed by atoms with Crippen LogP contribution in [0, 0.1) is 5.92 Å². The maximum absolute atomic E-state index is 13.2. The van der Waals surface area contributed by atoms with Crippen molar-refractivity contribution in [1.82, 2.24) is 9.80 Å². The van der Waals surface area contributed by atoms with Crippen molar-refractivity contribution in [2.24, 2.45) is 5.92 Å². The highest BCUT2D eigenvalue weighted by atomic mass is 16.2. The highest BCUT2D eigenvalue weighted by Crippen LogP contribution is 2.41. The quantitative estimate of drug-likeness (QED) is 0.168. The molecule has 2 rings (SSSR count). The molecule has 2 saturated heterocycles. The van der Waals surface area contributed by atoms with E-state index >= 15 is 0 Å². The molecule has 0 bridgehead atoms. The fourth-order valence-electron chi connectivity index (χ4n) is 6.41. The molecule has 198 valence electrons. The van der Waals surface area contributed by atoms with Crippen molar-refractivity contribution in [2.75, 3.05) is 7.05 Å². The van der Waals surface area contributed by atoms with Crippen LogP contribution in [0.15, 0.2) is 0 Å². The van der Waals surface area contributed by atoms with Gasteiger partial charge in [-0.05, 0) is 54.0 Å². The van der Waals surface area contributed by atoms with Gasteiger partial charge in [-0.15, -0.1) is 0 Å². The van der Waals surface area contributed by atoms with E-state index in [1.807, 2.05) is 0 Å². The molecule has 0 aromatic carbocycles. The van der Waals surface area contributed by atoms with E-state index < -0.39 is 0 Å². The first-order valence-electron chi connectivity index (χ1n) is 14.7. The van der Waals surface area contributed by atoms with Gasteiger partial charge in [0.25, 0.3) is 0 Å². The van der Waals surface area contributed by atoms with Gasteiger partial charge in [-0.3, -0.25) is 19.4 Å². The van der Waals surface area contributed by atoms with Gasteiger partial charge in [0.15, 0.2) is 0 Å². The first kappa shape index (κ1) is 29.3. The average Bonchev–Trinajstić information content (AvgIpc) is 3.04. The topological polar surface area (TPSA) is 40.6 Å². The van der Waals surface area contributed by atoms with Gasteiger partial charge >= 0.3 is 0 Å². The van der Waals surface area contributed by atoms with E-state index in [1.54, 1.807) is 4.90 Å². The molecule has 34 heavy (non-hydrogen) atoms. The highest BCUT2D eigenvalue weighted by Gasteiger charge is 2.50. The van der Waals surface area contributed by atoms with Crippen molar-refractivity contribution < 1.29 is 9.59 Å². The Hall–Kier alpha value is -0.900. The minimum atomic E-state index is -0.0734. The van der Waals surface area contributed by atoms with Crippen molar-refractivity contribution in [2.45, 2.75) is 167 Å². The molecule has 1 unspecified atom stereocenters. The first-order chi connectivity index (χ1) is 16.1. The summed E-state index contributed by atoms with van der Waals surface area (Å²) in [6.07, 6.45) is 21.9. The number of hydrogen-bond donors (Lipinski definition) is 0. The molecule has 0 aromatic heterocycles. The van der Waals surface area contributed by atoms with Crippen LogP contribution in [-0.2, 0) is 9.59 Å². The zero-order valence-electron chi connectivity index (χ0n) is 23.6. The third kappa shape index (κ3) is 8.64. The van der Waals surface area contributed by atoms with Crippen LogP contribution in [0.5, 0.6) is 0 Å². The van der Waals surface area contributed by atoms with Crippen molar-refractivity contribution in [3.8, 4) is 0 Å². The average molecular weight is 477 g/mol. The van der Waals surface area contributed by atoms with E-state index in [0.717, 1.165) is 25.7 Å². The number of hydrogen-bond acceptors (Lipinski definition) is 3. The fourth-order valence-corrected chi connectivity index (χ4v) is 6.41. The number of piperidine rings is 1. The molecule has 0 aliphatic carbocycles. The lowest BCUT2D eigenvalue weighted by Gasteiger charge is -2.54. The highest BCUT2D eigenvalue weighted by molar-refractivity contribution is 6.03. The minimum Gasteiger partial charge on any atom is -0.296 e. The summed E-state index contributed by atoms with van der Waals surface area (Å²) in [6.45, 7) is 11.2. The van der Waals surface area contributed by atoms with Crippen molar-refractivity contribution >= 4 is 11.8 Å². The number of nitrogens with zero attached hydrogens (tertiary/aromatic N) is 2. The number of carbonyl (C=O) groups excluding carboxylic acids is 2. The van der Waals surface area contributed by atoms with Gasteiger partial charge in [0, 0.05) is 29.5 Å². The summed E-state index contributed by atoms with van der Waals surface area (Å²) in [7, 11) is 2.17. The molecule has 0 N–H and O–H groups in total. The molecule has 4 nitrogen and oxygen atoms in total. The standard InChI is InChI=1S/C30H56N2O2/c1-7-8-9-10-11-12-13-14-15-16-17-18-19-20-21-25-22-27(33)32(28(25)34)26-23-29(2,3)31(6)30(4,5)24-26/h25-26H,7-24H2,1-6H3. The number of carbonyl (C=O) groups is 2. The number of rotatable bonds is 16. The van der Waals surface area contributed by atoms with Crippen LogP contribution in [0.2, 0.25) is 0 Å². The maximum Gasteiger partial charge on any atom is 0.233 e. The van der Waals surface area contributed by atoms with Gasteiger partial charge in [-0.2, -0.15) is 0 Å². The molecule has 1 atom stereocenters. The number of amides is 2. The Morgan fingerprint density at radius 2 is 1.12 bits per heavy atom. The molecule has 0 aromatic rings. The maximum atomic E-state index is 13.2. The van der Waals surface area contributed by atoms with Crippen LogP contribution in [0.25, 0.3) is 0 Å². The van der Waals surface area contributed by atoms with Gasteiger partial charge in [-0.1, -0.05) is 96.8 Å². The van der Waals surface area contributed by atoms with Crippen LogP contribution < -0.4 is 0 Å². The van der Waals surface area contributed by atoms with E-state index in [1.165, 1.54) is 83.5 Å². The van der Waals surface area contributed by atoms with Crippen LogP contribution in [0.3, 0.4) is 0 Å². The Bertz CT molecular complexity index is 609. The summed E-state index contributed by atoms with van der Waals surface area (Å²) in [5, 5.41) is 0. The lowest BCUT2D eigenvalue weighted by Crippen LogP contribution is -2.63. The lowest BCUT2D eigenvalue weighted by atomic mass is 9.77. The van der Waals surface area contributed by atoms with Crippen LogP contribution >= 0.6 is 0 Å². The predicted octanol–water partition coefficient (Wildman–Crippen LogP) is 7.88. The van der Waals surface area contributed by atoms with Crippen molar-refractivity contribution in [3.05, 3.63) is 0 Å². The molecule has 2 heterocycles. The zero-order chi connectivity index (χ0) is 25.2. The summed E-state index contributed by atoms with van der Waals surface area (Å²) in [4.78, 5) is 30.1. The van der Waals surface area contributed by atoms with Crippen LogP contribution in [0.1, 0.15) is 150 Å².